The number of nitro groups is 1. The van der Waals surface area contributed by atoms with Gasteiger partial charge in [-0.1, -0.05) is 6.07 Å². The molecule has 1 amide bonds. The zero-order chi connectivity index (χ0) is 20.8. The van der Waals surface area contributed by atoms with Crippen molar-refractivity contribution in [3.8, 4) is 0 Å². The van der Waals surface area contributed by atoms with Gasteiger partial charge in [-0.15, -0.1) is 0 Å². The maximum atomic E-state index is 12.3. The molecule has 0 aliphatic carbocycles. The van der Waals surface area contributed by atoms with E-state index in [-0.39, 0.29) is 23.7 Å². The number of rotatable bonds is 9. The molecule has 2 heterocycles. The normalized spacial score (nSPS) is 10.8. The number of fused-ring (bicyclic) bond motifs is 1. The van der Waals surface area contributed by atoms with E-state index in [9.17, 15) is 14.9 Å². The van der Waals surface area contributed by atoms with E-state index in [4.69, 9.17) is 4.74 Å². The summed E-state index contributed by atoms with van der Waals surface area (Å²) in [6.07, 6.45) is 3.11. The Bertz CT molecular complexity index is 1030. The summed E-state index contributed by atoms with van der Waals surface area (Å²) in [7, 11) is 1.62. The molecule has 0 bridgehead atoms. The highest BCUT2D eigenvalue weighted by Crippen LogP contribution is 2.20. The molecule has 0 radical (unpaired) electrons. The Balaban J connectivity index is 1.64. The average molecular weight is 399 g/mol. The number of ether oxygens (including phenoxy) is 1. The van der Waals surface area contributed by atoms with Gasteiger partial charge in [-0.2, -0.15) is 5.10 Å². The first-order valence-electron chi connectivity index (χ1n) is 8.94. The lowest BCUT2D eigenvalue weighted by Crippen LogP contribution is -2.27. The molecular formula is C18H21N7O4. The fourth-order valence-electron chi connectivity index (χ4n) is 2.79. The molecule has 3 rings (SSSR count). The van der Waals surface area contributed by atoms with Gasteiger partial charge in [-0.3, -0.25) is 14.9 Å². The van der Waals surface area contributed by atoms with Gasteiger partial charge in [0.15, 0.2) is 5.65 Å². The third-order valence-electron chi connectivity index (χ3n) is 4.31. The molecule has 0 saturated carbocycles. The molecule has 11 heteroatoms. The van der Waals surface area contributed by atoms with Crippen LogP contribution in [0.5, 0.6) is 0 Å². The number of amides is 1. The summed E-state index contributed by atoms with van der Waals surface area (Å²) in [6, 6.07) is 4.40. The van der Waals surface area contributed by atoms with Gasteiger partial charge in [0.05, 0.1) is 29.7 Å². The minimum atomic E-state index is -0.500. The number of benzene rings is 1. The van der Waals surface area contributed by atoms with E-state index < -0.39 is 4.92 Å². The lowest BCUT2D eigenvalue weighted by molar-refractivity contribution is -0.385. The number of nitrogens with zero attached hydrogens (tertiary/aromatic N) is 5. The lowest BCUT2D eigenvalue weighted by Gasteiger charge is -2.08. The molecule has 0 unspecified atom stereocenters. The van der Waals surface area contributed by atoms with Crippen molar-refractivity contribution in [2.75, 3.05) is 32.1 Å². The van der Waals surface area contributed by atoms with Crippen molar-refractivity contribution >= 4 is 28.4 Å². The quantitative estimate of drug-likeness (QED) is 0.314. The predicted octanol–water partition coefficient (Wildman–Crippen LogP) is 1.53. The van der Waals surface area contributed by atoms with Crippen LogP contribution in [-0.4, -0.2) is 57.4 Å². The molecule has 0 aliphatic heterocycles. The van der Waals surface area contributed by atoms with E-state index in [0.717, 1.165) is 5.39 Å². The minimum Gasteiger partial charge on any atom is -0.383 e. The van der Waals surface area contributed by atoms with Crippen LogP contribution in [0.15, 0.2) is 30.7 Å². The summed E-state index contributed by atoms with van der Waals surface area (Å²) in [5.41, 5.74) is 1.30. The molecule has 0 atom stereocenters. The average Bonchev–Trinajstić information content (AvgIpc) is 3.12. The van der Waals surface area contributed by atoms with E-state index in [1.807, 2.05) is 0 Å². The highest BCUT2D eigenvalue weighted by atomic mass is 16.6. The maximum Gasteiger partial charge on any atom is 0.273 e. The van der Waals surface area contributed by atoms with Crippen molar-refractivity contribution in [1.29, 1.82) is 0 Å². The highest BCUT2D eigenvalue weighted by molar-refractivity contribution is 5.95. The van der Waals surface area contributed by atoms with E-state index in [1.165, 1.54) is 12.4 Å². The third-order valence-corrected chi connectivity index (χ3v) is 4.31. The van der Waals surface area contributed by atoms with E-state index in [2.05, 4.69) is 25.7 Å². The molecule has 2 N–H and O–H groups in total. The van der Waals surface area contributed by atoms with Crippen molar-refractivity contribution in [3.63, 3.8) is 0 Å². The number of nitro benzene ring substituents is 1. The SMILES string of the molecule is COCCNc1ncnc2c1cnn2CCNC(=O)c1ccc(C)c([N+](=O)[O-])c1. The Kier molecular flexibility index (Phi) is 6.29. The number of anilines is 1. The Hall–Kier alpha value is -3.60. The maximum absolute atomic E-state index is 12.3. The molecule has 0 aliphatic rings. The first-order valence-corrected chi connectivity index (χ1v) is 8.94. The summed E-state index contributed by atoms with van der Waals surface area (Å²) < 4.78 is 6.68. The molecule has 2 aromatic heterocycles. The summed E-state index contributed by atoms with van der Waals surface area (Å²) in [4.78, 5) is 31.3. The number of aryl methyl sites for hydroxylation is 1. The van der Waals surface area contributed by atoms with E-state index in [0.29, 0.717) is 36.7 Å². The predicted molar refractivity (Wildman–Crippen MR) is 106 cm³/mol. The summed E-state index contributed by atoms with van der Waals surface area (Å²) in [5, 5.41) is 22.0. The number of aromatic nitrogens is 4. The van der Waals surface area contributed by atoms with Gasteiger partial charge < -0.3 is 15.4 Å². The van der Waals surface area contributed by atoms with E-state index >= 15 is 0 Å². The van der Waals surface area contributed by atoms with Gasteiger partial charge in [0.1, 0.15) is 12.1 Å². The molecule has 0 fully saturated rings. The number of methoxy groups -OCH3 is 1. The Morgan fingerprint density at radius 1 is 1.31 bits per heavy atom. The third kappa shape index (κ3) is 4.63. The number of hydrogen-bond donors (Lipinski definition) is 2. The largest absolute Gasteiger partial charge is 0.383 e. The number of nitrogens with one attached hydrogen (secondary N) is 2. The van der Waals surface area contributed by atoms with Crippen molar-refractivity contribution in [2.24, 2.45) is 0 Å². The molecular weight excluding hydrogens is 378 g/mol. The van der Waals surface area contributed by atoms with Crippen LogP contribution in [0.2, 0.25) is 0 Å². The lowest BCUT2D eigenvalue weighted by atomic mass is 10.1. The van der Waals surface area contributed by atoms with Crippen LogP contribution < -0.4 is 10.6 Å². The van der Waals surface area contributed by atoms with Crippen molar-refractivity contribution in [3.05, 3.63) is 52.0 Å². The van der Waals surface area contributed by atoms with Crippen LogP contribution >= 0.6 is 0 Å². The molecule has 152 valence electrons. The molecule has 0 spiro atoms. The summed E-state index contributed by atoms with van der Waals surface area (Å²) in [6.45, 7) is 3.45. The minimum absolute atomic E-state index is 0.0825. The number of carbonyl (C=O) groups is 1. The van der Waals surface area contributed by atoms with Crippen LogP contribution in [0.3, 0.4) is 0 Å². The fourth-order valence-corrected chi connectivity index (χ4v) is 2.79. The van der Waals surface area contributed by atoms with Gasteiger partial charge in [-0.05, 0) is 13.0 Å². The van der Waals surface area contributed by atoms with Crippen LogP contribution in [0.4, 0.5) is 11.5 Å². The topological polar surface area (TPSA) is 137 Å². The molecule has 3 aromatic rings. The Labute approximate surface area is 166 Å². The highest BCUT2D eigenvalue weighted by Gasteiger charge is 2.15. The van der Waals surface area contributed by atoms with Crippen LogP contribution in [0.25, 0.3) is 11.0 Å². The fraction of sp³-hybridized carbons (Fsp3) is 0.333. The first-order chi connectivity index (χ1) is 14.0. The second-order valence-electron chi connectivity index (χ2n) is 6.26. The second-order valence-corrected chi connectivity index (χ2v) is 6.26. The zero-order valence-corrected chi connectivity index (χ0v) is 16.1. The van der Waals surface area contributed by atoms with Crippen LogP contribution in [0, 0.1) is 17.0 Å². The standard InChI is InChI=1S/C18H21N7O4/c1-12-3-4-13(9-15(12)25(27)28)18(26)20-5-7-24-17-14(10-23-24)16(21-11-22-17)19-6-8-29-2/h3-4,9-11H,5-8H2,1-2H3,(H,20,26)(H,19,21,22). The molecule has 11 nitrogen and oxygen atoms in total. The van der Waals surface area contributed by atoms with Gasteiger partial charge in [-0.25, -0.2) is 14.6 Å². The Morgan fingerprint density at radius 3 is 2.90 bits per heavy atom. The molecule has 1 aromatic carbocycles. The number of carbonyl (C=O) groups excluding carboxylic acids is 1. The molecule has 0 saturated heterocycles. The first kappa shape index (κ1) is 20.1. The second kappa shape index (κ2) is 9.06. The van der Waals surface area contributed by atoms with Crippen LogP contribution in [0.1, 0.15) is 15.9 Å². The van der Waals surface area contributed by atoms with Crippen molar-refractivity contribution < 1.29 is 14.5 Å². The van der Waals surface area contributed by atoms with Crippen LogP contribution in [-0.2, 0) is 11.3 Å². The zero-order valence-electron chi connectivity index (χ0n) is 16.1. The van der Waals surface area contributed by atoms with Gasteiger partial charge >= 0.3 is 0 Å². The van der Waals surface area contributed by atoms with Gasteiger partial charge in [0.2, 0.25) is 0 Å². The van der Waals surface area contributed by atoms with Gasteiger partial charge in [0, 0.05) is 37.4 Å². The van der Waals surface area contributed by atoms with Gasteiger partial charge in [0.25, 0.3) is 11.6 Å². The summed E-state index contributed by atoms with van der Waals surface area (Å²) >= 11 is 0. The smallest absolute Gasteiger partial charge is 0.273 e. The summed E-state index contributed by atoms with van der Waals surface area (Å²) in [5.74, 6) is 0.274. The van der Waals surface area contributed by atoms with Crippen molar-refractivity contribution in [1.82, 2.24) is 25.1 Å². The monoisotopic (exact) mass is 399 g/mol. The number of hydrogen-bond acceptors (Lipinski definition) is 8. The molecule has 29 heavy (non-hydrogen) atoms. The van der Waals surface area contributed by atoms with E-state index in [1.54, 1.807) is 37.0 Å². The van der Waals surface area contributed by atoms with Crippen molar-refractivity contribution in [2.45, 2.75) is 13.5 Å². The Morgan fingerprint density at radius 2 is 2.14 bits per heavy atom.